The van der Waals surface area contributed by atoms with Crippen LogP contribution in [0.3, 0.4) is 0 Å². The van der Waals surface area contributed by atoms with Crippen molar-refractivity contribution in [3.05, 3.63) is 42.1 Å². The Kier molecular flexibility index (Phi) is 4.48. The van der Waals surface area contributed by atoms with E-state index in [2.05, 4.69) is 26.8 Å². The normalized spacial score (nSPS) is 29.5. The number of likely N-dealkylation sites (tertiary alicyclic amines) is 1. The standard InChI is InChI=1S/C19H26N4O2/c1-14-16(22-13-21-14)12-23-10-8-19(24-2)7-6-15(11-17(19)23)25-18-5-3-4-9-20-18/h3-5,9,13,15,17H,6-8,10-12H2,1-2H3,(H,21,22)/t15-,17-,19+/m0/s1. The second-order valence-electron chi connectivity index (χ2n) is 7.16. The molecule has 2 aliphatic rings. The van der Waals surface area contributed by atoms with E-state index in [4.69, 9.17) is 9.47 Å². The third kappa shape index (κ3) is 3.16. The lowest BCUT2D eigenvalue weighted by Gasteiger charge is -2.43. The molecular formula is C19H26N4O2. The number of fused-ring (bicyclic) bond motifs is 1. The van der Waals surface area contributed by atoms with Crippen molar-refractivity contribution in [1.29, 1.82) is 0 Å². The van der Waals surface area contributed by atoms with Gasteiger partial charge < -0.3 is 14.5 Å². The zero-order valence-electron chi connectivity index (χ0n) is 14.9. The first-order valence-electron chi connectivity index (χ1n) is 9.06. The number of pyridine rings is 1. The van der Waals surface area contributed by atoms with Gasteiger partial charge in [0.25, 0.3) is 0 Å². The van der Waals surface area contributed by atoms with Crippen molar-refractivity contribution in [2.75, 3.05) is 13.7 Å². The predicted molar refractivity (Wildman–Crippen MR) is 94.4 cm³/mol. The Balaban J connectivity index is 1.49. The molecule has 134 valence electrons. The van der Waals surface area contributed by atoms with Gasteiger partial charge in [-0.1, -0.05) is 6.07 Å². The van der Waals surface area contributed by atoms with Gasteiger partial charge in [-0.15, -0.1) is 0 Å². The Bertz CT molecular complexity index is 704. The quantitative estimate of drug-likeness (QED) is 0.905. The number of hydrogen-bond donors (Lipinski definition) is 1. The third-order valence-corrected chi connectivity index (χ3v) is 5.86. The van der Waals surface area contributed by atoms with Crippen LogP contribution in [-0.2, 0) is 11.3 Å². The summed E-state index contributed by atoms with van der Waals surface area (Å²) in [6.07, 6.45) is 7.82. The molecule has 1 aliphatic heterocycles. The smallest absolute Gasteiger partial charge is 0.213 e. The fraction of sp³-hybridized carbons (Fsp3) is 0.579. The van der Waals surface area contributed by atoms with Gasteiger partial charge in [-0.25, -0.2) is 9.97 Å². The number of ether oxygens (including phenoxy) is 2. The van der Waals surface area contributed by atoms with E-state index in [0.717, 1.165) is 50.2 Å². The number of rotatable bonds is 5. The first kappa shape index (κ1) is 16.5. The van der Waals surface area contributed by atoms with Gasteiger partial charge in [-0.05, 0) is 32.3 Å². The molecule has 0 unspecified atom stereocenters. The van der Waals surface area contributed by atoms with Crippen LogP contribution in [0.5, 0.6) is 5.88 Å². The fourth-order valence-electron chi connectivity index (χ4n) is 4.38. The summed E-state index contributed by atoms with van der Waals surface area (Å²) in [7, 11) is 1.86. The van der Waals surface area contributed by atoms with Crippen LogP contribution in [0.1, 0.15) is 37.1 Å². The van der Waals surface area contributed by atoms with Gasteiger partial charge in [-0.3, -0.25) is 4.90 Å². The van der Waals surface area contributed by atoms with E-state index in [1.807, 2.05) is 25.3 Å². The number of nitrogens with zero attached hydrogens (tertiary/aromatic N) is 3. The summed E-state index contributed by atoms with van der Waals surface area (Å²) in [6.45, 7) is 3.98. The molecule has 6 nitrogen and oxygen atoms in total. The van der Waals surface area contributed by atoms with Crippen molar-refractivity contribution in [2.45, 2.75) is 56.9 Å². The summed E-state index contributed by atoms with van der Waals surface area (Å²) in [6, 6.07) is 6.16. The highest BCUT2D eigenvalue weighted by molar-refractivity contribution is 5.14. The number of hydrogen-bond acceptors (Lipinski definition) is 5. The Hall–Kier alpha value is -1.92. The monoisotopic (exact) mass is 342 g/mol. The molecule has 1 N–H and O–H groups in total. The molecule has 0 radical (unpaired) electrons. The van der Waals surface area contributed by atoms with Gasteiger partial charge in [0.2, 0.25) is 5.88 Å². The maximum Gasteiger partial charge on any atom is 0.213 e. The zero-order chi connectivity index (χ0) is 17.3. The Labute approximate surface area is 148 Å². The van der Waals surface area contributed by atoms with Crippen molar-refractivity contribution >= 4 is 0 Å². The van der Waals surface area contributed by atoms with Crippen molar-refractivity contribution < 1.29 is 9.47 Å². The molecule has 2 aromatic heterocycles. The molecule has 0 spiro atoms. The van der Waals surface area contributed by atoms with Crippen LogP contribution in [-0.4, -0.2) is 51.3 Å². The summed E-state index contributed by atoms with van der Waals surface area (Å²) < 4.78 is 12.2. The third-order valence-electron chi connectivity index (χ3n) is 5.86. The largest absolute Gasteiger partial charge is 0.474 e. The molecule has 0 bridgehead atoms. The van der Waals surface area contributed by atoms with E-state index in [9.17, 15) is 0 Å². The number of methoxy groups -OCH3 is 1. The van der Waals surface area contributed by atoms with Crippen molar-refractivity contribution in [1.82, 2.24) is 19.9 Å². The summed E-state index contributed by atoms with van der Waals surface area (Å²) in [5.74, 6) is 0.713. The molecule has 3 heterocycles. The number of aromatic amines is 1. The topological polar surface area (TPSA) is 63.3 Å². The summed E-state index contributed by atoms with van der Waals surface area (Å²) >= 11 is 0. The van der Waals surface area contributed by atoms with E-state index in [1.54, 1.807) is 12.5 Å². The van der Waals surface area contributed by atoms with Crippen molar-refractivity contribution in [3.63, 3.8) is 0 Å². The van der Waals surface area contributed by atoms with Gasteiger partial charge >= 0.3 is 0 Å². The van der Waals surface area contributed by atoms with E-state index < -0.39 is 0 Å². The van der Waals surface area contributed by atoms with Crippen LogP contribution in [0.15, 0.2) is 30.7 Å². The first-order valence-corrected chi connectivity index (χ1v) is 9.06. The maximum atomic E-state index is 6.15. The molecule has 6 heteroatoms. The van der Waals surface area contributed by atoms with Gasteiger partial charge in [-0.2, -0.15) is 0 Å². The lowest BCUT2D eigenvalue weighted by Crippen LogP contribution is -2.52. The lowest BCUT2D eigenvalue weighted by atomic mass is 9.79. The number of nitrogens with one attached hydrogen (secondary N) is 1. The second kappa shape index (κ2) is 6.77. The first-order chi connectivity index (χ1) is 12.2. The summed E-state index contributed by atoms with van der Waals surface area (Å²) in [5, 5.41) is 0. The van der Waals surface area contributed by atoms with E-state index in [1.165, 1.54) is 0 Å². The van der Waals surface area contributed by atoms with Crippen molar-refractivity contribution in [2.24, 2.45) is 0 Å². The van der Waals surface area contributed by atoms with Crippen LogP contribution < -0.4 is 4.74 Å². The zero-order valence-corrected chi connectivity index (χ0v) is 14.9. The molecule has 25 heavy (non-hydrogen) atoms. The minimum Gasteiger partial charge on any atom is -0.474 e. The summed E-state index contributed by atoms with van der Waals surface area (Å²) in [5.41, 5.74) is 2.22. The number of aromatic nitrogens is 3. The van der Waals surface area contributed by atoms with Crippen LogP contribution in [0.4, 0.5) is 0 Å². The number of H-pyrrole nitrogens is 1. The number of aryl methyl sites for hydroxylation is 1. The maximum absolute atomic E-state index is 6.15. The highest BCUT2D eigenvalue weighted by Crippen LogP contribution is 2.43. The predicted octanol–water partition coefficient (Wildman–Crippen LogP) is 2.70. The summed E-state index contributed by atoms with van der Waals surface area (Å²) in [4.78, 5) is 14.5. The molecule has 0 amide bonds. The highest BCUT2D eigenvalue weighted by atomic mass is 16.5. The lowest BCUT2D eigenvalue weighted by molar-refractivity contribution is -0.0844. The Morgan fingerprint density at radius 3 is 2.96 bits per heavy atom. The Morgan fingerprint density at radius 2 is 2.24 bits per heavy atom. The van der Waals surface area contributed by atoms with Crippen LogP contribution in [0, 0.1) is 6.92 Å². The minimum absolute atomic E-state index is 0.0474. The SMILES string of the molecule is CO[C@@]12CC[C@H](Oc3ccccn3)C[C@@H]1N(Cc1nc[nH]c1C)CC2. The van der Waals surface area contributed by atoms with Gasteiger partial charge in [0.1, 0.15) is 6.10 Å². The van der Waals surface area contributed by atoms with Crippen LogP contribution >= 0.6 is 0 Å². The molecule has 2 aromatic rings. The van der Waals surface area contributed by atoms with Gasteiger partial charge in [0.05, 0.1) is 17.6 Å². The molecule has 4 rings (SSSR count). The molecule has 2 fully saturated rings. The van der Waals surface area contributed by atoms with Crippen molar-refractivity contribution in [3.8, 4) is 5.88 Å². The molecule has 1 aliphatic carbocycles. The molecule has 1 saturated carbocycles. The average molecular weight is 342 g/mol. The molecule has 3 atom stereocenters. The molecule has 0 aromatic carbocycles. The number of imidazole rings is 1. The minimum atomic E-state index is -0.0474. The molecular weight excluding hydrogens is 316 g/mol. The van der Waals surface area contributed by atoms with E-state index in [0.29, 0.717) is 11.9 Å². The highest BCUT2D eigenvalue weighted by Gasteiger charge is 2.51. The molecule has 1 saturated heterocycles. The second-order valence-corrected chi connectivity index (χ2v) is 7.16. The fourth-order valence-corrected chi connectivity index (χ4v) is 4.38. The average Bonchev–Trinajstić information content (AvgIpc) is 3.21. The van der Waals surface area contributed by atoms with E-state index in [-0.39, 0.29) is 11.7 Å². The van der Waals surface area contributed by atoms with E-state index >= 15 is 0 Å². The van der Waals surface area contributed by atoms with Gasteiger partial charge in [0, 0.05) is 50.6 Å². The van der Waals surface area contributed by atoms with Crippen LogP contribution in [0.2, 0.25) is 0 Å². The van der Waals surface area contributed by atoms with Crippen LogP contribution in [0.25, 0.3) is 0 Å². The Morgan fingerprint density at radius 1 is 1.32 bits per heavy atom. The van der Waals surface area contributed by atoms with Gasteiger partial charge in [0.15, 0.2) is 0 Å².